The summed E-state index contributed by atoms with van der Waals surface area (Å²) in [7, 11) is 0. The van der Waals surface area contributed by atoms with Crippen LogP contribution in [0, 0.1) is 11.7 Å². The van der Waals surface area contributed by atoms with Gasteiger partial charge < -0.3 is 0 Å². The summed E-state index contributed by atoms with van der Waals surface area (Å²) in [4.78, 5) is 0. The van der Waals surface area contributed by atoms with Gasteiger partial charge in [0.1, 0.15) is 5.82 Å². The molecule has 0 saturated carbocycles. The second-order valence-corrected chi connectivity index (χ2v) is 5.13. The molecule has 1 aromatic rings. The van der Waals surface area contributed by atoms with Crippen LogP contribution in [-0.2, 0) is 6.42 Å². The molecule has 1 unspecified atom stereocenters. The van der Waals surface area contributed by atoms with Crippen LogP contribution in [-0.4, -0.2) is 18.4 Å². The van der Waals surface area contributed by atoms with Crippen LogP contribution in [0.3, 0.4) is 0 Å². The summed E-state index contributed by atoms with van der Waals surface area (Å²) in [5.74, 6) is 0.404. The van der Waals surface area contributed by atoms with Crippen LogP contribution in [0.15, 0.2) is 22.7 Å². The number of hydrazine groups is 1. The van der Waals surface area contributed by atoms with Gasteiger partial charge in [-0.05, 0) is 30.2 Å². The van der Waals surface area contributed by atoms with Crippen molar-refractivity contribution in [1.82, 2.24) is 5.43 Å². The van der Waals surface area contributed by atoms with Crippen LogP contribution in [0.2, 0.25) is 0 Å². The lowest BCUT2D eigenvalue weighted by Crippen LogP contribution is -2.54. The van der Waals surface area contributed by atoms with Gasteiger partial charge >= 0.3 is 12.4 Å². The van der Waals surface area contributed by atoms with E-state index in [0.717, 1.165) is 12.1 Å². The highest BCUT2D eigenvalue weighted by Crippen LogP contribution is 2.42. The molecular formula is C11H10BrF7N2. The molecule has 0 aliphatic rings. The zero-order valence-electron chi connectivity index (χ0n) is 10.2. The second-order valence-electron chi connectivity index (χ2n) is 4.27. The van der Waals surface area contributed by atoms with Crippen LogP contribution in [0.25, 0.3) is 0 Å². The molecule has 0 aromatic heterocycles. The van der Waals surface area contributed by atoms with E-state index in [-0.39, 0.29) is 10.0 Å². The summed E-state index contributed by atoms with van der Waals surface area (Å²) in [5.41, 5.74) is 1.47. The Hall–Kier alpha value is -0.870. The fourth-order valence-corrected chi connectivity index (χ4v) is 2.26. The first-order valence-corrected chi connectivity index (χ1v) is 6.29. The molecule has 0 spiro atoms. The van der Waals surface area contributed by atoms with Gasteiger partial charge in [-0.15, -0.1) is 0 Å². The zero-order valence-corrected chi connectivity index (χ0v) is 11.8. The summed E-state index contributed by atoms with van der Waals surface area (Å²) in [6.45, 7) is 0. The second kappa shape index (κ2) is 6.49. The standard InChI is InChI=1S/C11H10BrF7N2/c12-7-2-1-6(13)3-5(7)4-8(21-20)9(10(14,15)16)11(17,18)19/h1-3,8-9,21H,4,20H2. The van der Waals surface area contributed by atoms with E-state index in [1.54, 1.807) is 0 Å². The highest BCUT2D eigenvalue weighted by Gasteiger charge is 2.60. The minimum absolute atomic E-state index is 0.0588. The molecule has 0 saturated heterocycles. The van der Waals surface area contributed by atoms with Crippen LogP contribution in [0.4, 0.5) is 30.7 Å². The van der Waals surface area contributed by atoms with Crippen LogP contribution < -0.4 is 11.3 Å². The van der Waals surface area contributed by atoms with E-state index in [4.69, 9.17) is 5.84 Å². The summed E-state index contributed by atoms with van der Waals surface area (Å²) in [6.07, 6.45) is -11.8. The van der Waals surface area contributed by atoms with E-state index in [0.29, 0.717) is 0 Å². The fourth-order valence-electron chi connectivity index (χ4n) is 1.85. The number of alkyl halides is 6. The van der Waals surface area contributed by atoms with E-state index < -0.39 is 36.6 Å². The van der Waals surface area contributed by atoms with Crippen molar-refractivity contribution >= 4 is 15.9 Å². The van der Waals surface area contributed by atoms with E-state index in [9.17, 15) is 30.7 Å². The van der Waals surface area contributed by atoms with Gasteiger partial charge in [0.25, 0.3) is 0 Å². The molecule has 120 valence electrons. The summed E-state index contributed by atoms with van der Waals surface area (Å²) in [5, 5.41) is 0. The summed E-state index contributed by atoms with van der Waals surface area (Å²) in [6, 6.07) is 0.874. The van der Waals surface area contributed by atoms with Gasteiger partial charge in [0.2, 0.25) is 0 Å². The topological polar surface area (TPSA) is 38.0 Å². The van der Waals surface area contributed by atoms with Crippen molar-refractivity contribution in [2.24, 2.45) is 11.8 Å². The Morgan fingerprint density at radius 1 is 1.10 bits per heavy atom. The molecule has 0 amide bonds. The van der Waals surface area contributed by atoms with Crippen molar-refractivity contribution in [2.75, 3.05) is 0 Å². The third-order valence-corrected chi connectivity index (χ3v) is 3.54. The maximum atomic E-state index is 13.1. The molecule has 0 bridgehead atoms. The van der Waals surface area contributed by atoms with Gasteiger partial charge in [-0.2, -0.15) is 26.3 Å². The predicted molar refractivity (Wildman–Crippen MR) is 64.5 cm³/mol. The lowest BCUT2D eigenvalue weighted by molar-refractivity contribution is -0.291. The minimum Gasteiger partial charge on any atom is -0.271 e. The molecule has 1 rings (SSSR count). The van der Waals surface area contributed by atoms with Crippen molar-refractivity contribution < 1.29 is 30.7 Å². The highest BCUT2D eigenvalue weighted by molar-refractivity contribution is 9.10. The van der Waals surface area contributed by atoms with E-state index >= 15 is 0 Å². The number of benzene rings is 1. The maximum Gasteiger partial charge on any atom is 0.402 e. The minimum atomic E-state index is -5.53. The molecule has 3 N–H and O–H groups in total. The van der Waals surface area contributed by atoms with Crippen LogP contribution in [0.1, 0.15) is 5.56 Å². The average molecular weight is 383 g/mol. The number of halogens is 8. The summed E-state index contributed by atoms with van der Waals surface area (Å²) < 4.78 is 89.0. The van der Waals surface area contributed by atoms with Crippen molar-refractivity contribution in [3.63, 3.8) is 0 Å². The molecule has 0 aliphatic heterocycles. The molecule has 2 nitrogen and oxygen atoms in total. The molecule has 0 heterocycles. The molecule has 21 heavy (non-hydrogen) atoms. The van der Waals surface area contributed by atoms with Crippen LogP contribution in [0.5, 0.6) is 0 Å². The van der Waals surface area contributed by atoms with Gasteiger partial charge in [0.05, 0.1) is 0 Å². The highest BCUT2D eigenvalue weighted by atomic mass is 79.9. The Kier molecular flexibility index (Phi) is 5.62. The summed E-state index contributed by atoms with van der Waals surface area (Å²) >= 11 is 2.94. The van der Waals surface area contributed by atoms with Gasteiger partial charge in [-0.1, -0.05) is 15.9 Å². The Balaban J connectivity index is 3.13. The number of nitrogens with two attached hydrogens (primary N) is 1. The SMILES string of the molecule is NNC(Cc1cc(F)ccc1Br)C(C(F)(F)F)C(F)(F)F. The van der Waals surface area contributed by atoms with E-state index in [1.807, 2.05) is 0 Å². The number of nitrogens with one attached hydrogen (secondary N) is 1. The Morgan fingerprint density at radius 2 is 1.62 bits per heavy atom. The molecule has 0 radical (unpaired) electrons. The maximum absolute atomic E-state index is 13.1. The molecule has 1 aromatic carbocycles. The fraction of sp³-hybridized carbons (Fsp3) is 0.455. The normalized spacial score (nSPS) is 14.6. The first-order chi connectivity index (χ1) is 9.46. The number of hydrogen-bond donors (Lipinski definition) is 2. The molecule has 0 aliphatic carbocycles. The molecule has 0 fully saturated rings. The lowest BCUT2D eigenvalue weighted by Gasteiger charge is -2.30. The largest absolute Gasteiger partial charge is 0.402 e. The number of hydrogen-bond acceptors (Lipinski definition) is 2. The lowest BCUT2D eigenvalue weighted by atomic mass is 9.92. The monoisotopic (exact) mass is 382 g/mol. The molecule has 1 atom stereocenters. The van der Waals surface area contributed by atoms with E-state index in [1.165, 1.54) is 11.5 Å². The first-order valence-electron chi connectivity index (χ1n) is 5.50. The first kappa shape index (κ1) is 18.2. The van der Waals surface area contributed by atoms with Crippen molar-refractivity contribution in [1.29, 1.82) is 0 Å². The Labute approximate surface area is 123 Å². The zero-order chi connectivity index (χ0) is 16.4. The number of rotatable bonds is 4. The molecular weight excluding hydrogens is 373 g/mol. The smallest absolute Gasteiger partial charge is 0.271 e. The van der Waals surface area contributed by atoms with Crippen LogP contribution >= 0.6 is 15.9 Å². The predicted octanol–water partition coefficient (Wildman–Crippen LogP) is 3.70. The van der Waals surface area contributed by atoms with Crippen molar-refractivity contribution in [3.8, 4) is 0 Å². The quantitative estimate of drug-likeness (QED) is 0.473. The Morgan fingerprint density at radius 3 is 2.05 bits per heavy atom. The van der Waals surface area contributed by atoms with Gasteiger partial charge in [-0.3, -0.25) is 11.3 Å². The van der Waals surface area contributed by atoms with E-state index in [2.05, 4.69) is 15.9 Å². The van der Waals surface area contributed by atoms with Crippen molar-refractivity contribution in [2.45, 2.75) is 24.8 Å². The van der Waals surface area contributed by atoms with Gasteiger partial charge in [0.15, 0.2) is 5.92 Å². The van der Waals surface area contributed by atoms with Gasteiger partial charge in [-0.25, -0.2) is 4.39 Å². The molecule has 10 heteroatoms. The Bertz CT molecular complexity index is 472. The van der Waals surface area contributed by atoms with Gasteiger partial charge in [0, 0.05) is 10.5 Å². The van der Waals surface area contributed by atoms with Crippen molar-refractivity contribution in [3.05, 3.63) is 34.1 Å². The third kappa shape index (κ3) is 4.82. The average Bonchev–Trinajstić information content (AvgIpc) is 2.29. The third-order valence-electron chi connectivity index (χ3n) is 2.77.